The van der Waals surface area contributed by atoms with Crippen LogP contribution in [-0.2, 0) is 4.79 Å². The summed E-state index contributed by atoms with van der Waals surface area (Å²) in [7, 11) is 0. The smallest absolute Gasteiger partial charge is 0.237 e. The topological polar surface area (TPSA) is 72.7 Å². The molecule has 1 atom stereocenters. The highest BCUT2D eigenvalue weighted by Crippen LogP contribution is 2.26. The van der Waals surface area contributed by atoms with Crippen molar-refractivity contribution in [2.75, 3.05) is 5.32 Å². The SMILES string of the molecule is CCC(Sc1nnnn1-c1ccccc1)C(=O)Nc1ccc(C(C)C)cc1. The lowest BCUT2D eigenvalue weighted by Gasteiger charge is -2.15. The number of carbonyl (C=O) groups is 1. The van der Waals surface area contributed by atoms with E-state index in [0.717, 1.165) is 11.4 Å². The standard InChI is InChI=1S/C20H23N5OS/c1-4-18(19(26)21-16-12-10-15(11-13-16)14(2)3)27-20-22-23-24-25(20)17-8-6-5-7-9-17/h5-14,18H,4H2,1-3H3,(H,21,26). The molecule has 0 saturated carbocycles. The number of tetrazole rings is 1. The third kappa shape index (κ3) is 4.74. The maximum absolute atomic E-state index is 12.7. The second-order valence-electron chi connectivity index (χ2n) is 6.49. The molecule has 27 heavy (non-hydrogen) atoms. The number of anilines is 1. The Morgan fingerprint density at radius 2 is 1.81 bits per heavy atom. The number of aromatic nitrogens is 4. The number of rotatable bonds is 7. The molecule has 2 aromatic carbocycles. The molecule has 0 aliphatic rings. The van der Waals surface area contributed by atoms with Gasteiger partial charge in [-0.15, -0.1) is 5.10 Å². The van der Waals surface area contributed by atoms with Gasteiger partial charge in [-0.3, -0.25) is 4.79 Å². The molecular weight excluding hydrogens is 358 g/mol. The minimum atomic E-state index is -0.289. The molecule has 3 rings (SSSR count). The van der Waals surface area contributed by atoms with E-state index in [1.807, 2.05) is 61.5 Å². The average molecular weight is 382 g/mol. The van der Waals surface area contributed by atoms with Gasteiger partial charge in [0.25, 0.3) is 0 Å². The molecule has 1 aromatic heterocycles. The van der Waals surface area contributed by atoms with Crippen molar-refractivity contribution in [3.05, 3.63) is 60.2 Å². The fraction of sp³-hybridized carbons (Fsp3) is 0.300. The fourth-order valence-corrected chi connectivity index (χ4v) is 3.52. The molecule has 6 nitrogen and oxygen atoms in total. The number of carbonyl (C=O) groups excluding carboxylic acids is 1. The van der Waals surface area contributed by atoms with E-state index in [4.69, 9.17) is 0 Å². The summed E-state index contributed by atoms with van der Waals surface area (Å²) in [6.07, 6.45) is 0.669. The van der Waals surface area contributed by atoms with Gasteiger partial charge in [-0.1, -0.05) is 62.9 Å². The molecule has 0 fully saturated rings. The normalized spacial score (nSPS) is 12.1. The first-order chi connectivity index (χ1) is 13.1. The lowest BCUT2D eigenvalue weighted by Crippen LogP contribution is -2.25. The minimum Gasteiger partial charge on any atom is -0.325 e. The molecule has 0 aliphatic heterocycles. The number of nitrogens with zero attached hydrogens (tertiary/aromatic N) is 4. The van der Waals surface area contributed by atoms with Crippen LogP contribution >= 0.6 is 11.8 Å². The predicted molar refractivity (Wildman–Crippen MR) is 108 cm³/mol. The Bertz CT molecular complexity index is 877. The fourth-order valence-electron chi connectivity index (χ4n) is 2.61. The molecule has 0 aliphatic carbocycles. The lowest BCUT2D eigenvalue weighted by molar-refractivity contribution is -0.115. The summed E-state index contributed by atoms with van der Waals surface area (Å²) in [5.41, 5.74) is 2.91. The Morgan fingerprint density at radius 3 is 2.44 bits per heavy atom. The largest absolute Gasteiger partial charge is 0.325 e. The summed E-state index contributed by atoms with van der Waals surface area (Å²) in [6.45, 7) is 6.28. The molecule has 1 unspecified atom stereocenters. The van der Waals surface area contributed by atoms with Crippen LogP contribution in [0.15, 0.2) is 59.8 Å². The maximum atomic E-state index is 12.7. The Balaban J connectivity index is 1.70. The van der Waals surface area contributed by atoms with Crippen molar-refractivity contribution in [2.45, 2.75) is 43.5 Å². The molecule has 0 spiro atoms. The van der Waals surface area contributed by atoms with Crippen molar-refractivity contribution in [3.8, 4) is 5.69 Å². The van der Waals surface area contributed by atoms with Gasteiger partial charge in [0.2, 0.25) is 11.1 Å². The monoisotopic (exact) mass is 381 g/mol. The van der Waals surface area contributed by atoms with Gasteiger partial charge in [-0.2, -0.15) is 4.68 Å². The van der Waals surface area contributed by atoms with Crippen molar-refractivity contribution in [1.82, 2.24) is 20.2 Å². The zero-order valence-electron chi connectivity index (χ0n) is 15.7. The van der Waals surface area contributed by atoms with Crippen LogP contribution in [0.2, 0.25) is 0 Å². The summed E-state index contributed by atoms with van der Waals surface area (Å²) in [4.78, 5) is 12.7. The first-order valence-electron chi connectivity index (χ1n) is 8.99. The highest BCUT2D eigenvalue weighted by molar-refractivity contribution is 8.00. The number of benzene rings is 2. The van der Waals surface area contributed by atoms with Gasteiger partial charge in [0.1, 0.15) is 0 Å². The highest BCUT2D eigenvalue weighted by Gasteiger charge is 2.22. The number of nitrogens with one attached hydrogen (secondary N) is 1. The van der Waals surface area contributed by atoms with E-state index in [1.165, 1.54) is 17.3 Å². The number of para-hydroxylation sites is 1. The van der Waals surface area contributed by atoms with Gasteiger partial charge < -0.3 is 5.32 Å². The first-order valence-corrected chi connectivity index (χ1v) is 9.87. The van der Waals surface area contributed by atoms with E-state index < -0.39 is 0 Å². The van der Waals surface area contributed by atoms with Crippen molar-refractivity contribution in [3.63, 3.8) is 0 Å². The lowest BCUT2D eigenvalue weighted by atomic mass is 10.0. The zero-order chi connectivity index (χ0) is 19.2. The van der Waals surface area contributed by atoms with Gasteiger partial charge in [-0.25, -0.2) is 0 Å². The number of thioether (sulfide) groups is 1. The Morgan fingerprint density at radius 1 is 1.11 bits per heavy atom. The quantitative estimate of drug-likeness (QED) is 0.618. The summed E-state index contributed by atoms with van der Waals surface area (Å²) in [6, 6.07) is 17.6. The molecule has 0 bridgehead atoms. The van der Waals surface area contributed by atoms with E-state index in [2.05, 4.69) is 34.7 Å². The van der Waals surface area contributed by atoms with Crippen LogP contribution in [0.5, 0.6) is 0 Å². The second-order valence-corrected chi connectivity index (χ2v) is 7.66. The first kappa shape index (κ1) is 19.1. The van der Waals surface area contributed by atoms with Gasteiger partial charge in [0.05, 0.1) is 10.9 Å². The van der Waals surface area contributed by atoms with Crippen LogP contribution in [0.25, 0.3) is 5.69 Å². The van der Waals surface area contributed by atoms with Crippen LogP contribution in [0.4, 0.5) is 5.69 Å². The van der Waals surface area contributed by atoms with Gasteiger partial charge in [0.15, 0.2) is 0 Å². The third-order valence-electron chi connectivity index (χ3n) is 4.20. The Labute approximate surface area is 163 Å². The van der Waals surface area contributed by atoms with Crippen LogP contribution in [0.3, 0.4) is 0 Å². The van der Waals surface area contributed by atoms with Crippen molar-refractivity contribution >= 4 is 23.4 Å². The molecule has 1 amide bonds. The van der Waals surface area contributed by atoms with E-state index >= 15 is 0 Å². The average Bonchev–Trinajstić information content (AvgIpc) is 3.15. The van der Waals surface area contributed by atoms with E-state index in [9.17, 15) is 4.79 Å². The molecular formula is C20H23N5OS. The maximum Gasteiger partial charge on any atom is 0.237 e. The molecule has 1 N–H and O–H groups in total. The second kappa shape index (κ2) is 8.81. The van der Waals surface area contributed by atoms with Gasteiger partial charge >= 0.3 is 0 Å². The molecule has 0 saturated heterocycles. The summed E-state index contributed by atoms with van der Waals surface area (Å²) in [5.74, 6) is 0.410. The third-order valence-corrected chi connectivity index (χ3v) is 5.49. The van der Waals surface area contributed by atoms with Crippen LogP contribution < -0.4 is 5.32 Å². The Kier molecular flexibility index (Phi) is 6.24. The van der Waals surface area contributed by atoms with E-state index in [-0.39, 0.29) is 11.2 Å². The predicted octanol–water partition coefficient (Wildman–Crippen LogP) is 4.30. The minimum absolute atomic E-state index is 0.0533. The summed E-state index contributed by atoms with van der Waals surface area (Å²) in [5, 5.41) is 15.2. The van der Waals surface area contributed by atoms with Gasteiger partial charge in [-0.05, 0) is 52.6 Å². The number of hydrogen-bond acceptors (Lipinski definition) is 5. The van der Waals surface area contributed by atoms with Crippen LogP contribution in [0, 0.1) is 0 Å². The van der Waals surface area contributed by atoms with Crippen LogP contribution in [-0.4, -0.2) is 31.4 Å². The van der Waals surface area contributed by atoms with Crippen molar-refractivity contribution < 1.29 is 4.79 Å². The van der Waals surface area contributed by atoms with Crippen LogP contribution in [0.1, 0.15) is 38.7 Å². The number of amides is 1. The molecule has 7 heteroatoms. The number of hydrogen-bond donors (Lipinski definition) is 1. The summed E-state index contributed by atoms with van der Waals surface area (Å²) >= 11 is 1.37. The van der Waals surface area contributed by atoms with Crippen molar-refractivity contribution in [2.24, 2.45) is 0 Å². The molecule has 0 radical (unpaired) electrons. The zero-order valence-corrected chi connectivity index (χ0v) is 16.5. The Hall–Kier alpha value is -2.67. The van der Waals surface area contributed by atoms with Gasteiger partial charge in [0, 0.05) is 5.69 Å². The van der Waals surface area contributed by atoms with E-state index in [0.29, 0.717) is 17.5 Å². The van der Waals surface area contributed by atoms with E-state index in [1.54, 1.807) is 4.68 Å². The molecule has 1 heterocycles. The van der Waals surface area contributed by atoms with Crippen molar-refractivity contribution in [1.29, 1.82) is 0 Å². The molecule has 3 aromatic rings. The summed E-state index contributed by atoms with van der Waals surface area (Å²) < 4.78 is 1.65. The highest BCUT2D eigenvalue weighted by atomic mass is 32.2. The molecule has 140 valence electrons.